The van der Waals surface area contributed by atoms with Crippen molar-refractivity contribution in [2.24, 2.45) is 0 Å². The molecule has 0 unspecified atom stereocenters. The van der Waals surface area contributed by atoms with Crippen LogP contribution in [-0.2, 0) is 20.0 Å². The Morgan fingerprint density at radius 3 is 1.93 bits per heavy atom. The van der Waals surface area contributed by atoms with E-state index in [0.29, 0.717) is 29.4 Å². The van der Waals surface area contributed by atoms with Gasteiger partial charge in [-0.15, -0.1) is 0 Å². The third-order valence-corrected chi connectivity index (χ3v) is 9.06. The van der Waals surface area contributed by atoms with Crippen LogP contribution < -0.4 is 19.5 Å². The van der Waals surface area contributed by atoms with E-state index in [1.54, 1.807) is 36.4 Å². The van der Waals surface area contributed by atoms with E-state index in [9.17, 15) is 21.6 Å². The maximum absolute atomic E-state index is 13.1. The highest BCUT2D eigenvalue weighted by molar-refractivity contribution is 7.93. The number of aryl methyl sites for hydroxylation is 2. The molecule has 0 saturated carbocycles. The van der Waals surface area contributed by atoms with Crippen LogP contribution in [-0.4, -0.2) is 29.3 Å². The molecule has 9 nitrogen and oxygen atoms in total. The second kappa shape index (κ2) is 12.2. The summed E-state index contributed by atoms with van der Waals surface area (Å²) in [5.41, 5.74) is 2.86. The first kappa shape index (κ1) is 29.9. The molecule has 0 aromatic heterocycles. The number of carbonyl (C=O) groups is 1. The number of benzene rings is 4. The molecule has 41 heavy (non-hydrogen) atoms. The van der Waals surface area contributed by atoms with Crippen molar-refractivity contribution in [2.45, 2.75) is 30.6 Å². The Bertz CT molecular complexity index is 1770. The van der Waals surface area contributed by atoms with E-state index in [4.69, 9.17) is 16.3 Å². The van der Waals surface area contributed by atoms with Gasteiger partial charge in [0.05, 0.1) is 16.5 Å². The molecular formula is C29H28ClN3O6S2. The summed E-state index contributed by atoms with van der Waals surface area (Å²) < 4.78 is 62.1. The summed E-state index contributed by atoms with van der Waals surface area (Å²) in [5.74, 6) is 0.0196. The van der Waals surface area contributed by atoms with Crippen LogP contribution in [0.1, 0.15) is 28.4 Å². The molecule has 12 heteroatoms. The maximum atomic E-state index is 13.1. The molecule has 0 fully saturated rings. The predicted molar refractivity (Wildman–Crippen MR) is 161 cm³/mol. The first-order valence-electron chi connectivity index (χ1n) is 12.4. The lowest BCUT2D eigenvalue weighted by molar-refractivity contribution is 0.102. The number of anilines is 3. The summed E-state index contributed by atoms with van der Waals surface area (Å²) in [4.78, 5) is 12.7. The number of carbonyl (C=O) groups excluding carboxylic acids is 1. The molecule has 0 aliphatic rings. The Balaban J connectivity index is 1.47. The highest BCUT2D eigenvalue weighted by Crippen LogP contribution is 2.27. The van der Waals surface area contributed by atoms with Crippen LogP contribution in [0.4, 0.5) is 17.1 Å². The average molecular weight is 614 g/mol. The SMILES string of the molecule is CCOc1ccc(NS(=O)(=O)c2ccc(NC(=O)c3ccc(Cl)c(S(=O)(=O)Nc4cc(C)cc(C)c4)c3)cc2)cc1. The van der Waals surface area contributed by atoms with Crippen molar-refractivity contribution >= 4 is 54.6 Å². The van der Waals surface area contributed by atoms with Gasteiger partial charge in [0.1, 0.15) is 10.6 Å². The van der Waals surface area contributed by atoms with E-state index in [1.165, 1.54) is 42.5 Å². The van der Waals surface area contributed by atoms with Gasteiger partial charge in [0.25, 0.3) is 26.0 Å². The maximum Gasteiger partial charge on any atom is 0.263 e. The average Bonchev–Trinajstić information content (AvgIpc) is 2.89. The van der Waals surface area contributed by atoms with Gasteiger partial charge in [-0.2, -0.15) is 0 Å². The molecule has 0 aliphatic heterocycles. The molecule has 4 aromatic rings. The van der Waals surface area contributed by atoms with Crippen LogP contribution in [0.3, 0.4) is 0 Å². The second-order valence-electron chi connectivity index (χ2n) is 9.17. The smallest absolute Gasteiger partial charge is 0.263 e. The number of nitrogens with one attached hydrogen (secondary N) is 3. The monoisotopic (exact) mass is 613 g/mol. The van der Waals surface area contributed by atoms with E-state index in [1.807, 2.05) is 26.8 Å². The molecule has 0 radical (unpaired) electrons. The number of hydrogen-bond donors (Lipinski definition) is 3. The molecule has 0 bridgehead atoms. The van der Waals surface area contributed by atoms with Crippen molar-refractivity contribution in [3.63, 3.8) is 0 Å². The summed E-state index contributed by atoms with van der Waals surface area (Å²) in [6.45, 7) is 6.05. The minimum atomic E-state index is -4.10. The zero-order valence-electron chi connectivity index (χ0n) is 22.4. The van der Waals surface area contributed by atoms with Gasteiger partial charge in [0.15, 0.2) is 0 Å². The number of halogens is 1. The number of rotatable bonds is 10. The van der Waals surface area contributed by atoms with Gasteiger partial charge in [-0.1, -0.05) is 17.7 Å². The van der Waals surface area contributed by atoms with Crippen molar-refractivity contribution in [1.82, 2.24) is 0 Å². The van der Waals surface area contributed by atoms with Crippen molar-refractivity contribution in [1.29, 1.82) is 0 Å². The van der Waals surface area contributed by atoms with Gasteiger partial charge in [-0.25, -0.2) is 16.8 Å². The van der Waals surface area contributed by atoms with Gasteiger partial charge >= 0.3 is 0 Å². The molecule has 3 N–H and O–H groups in total. The molecular weight excluding hydrogens is 586 g/mol. The predicted octanol–water partition coefficient (Wildman–Crippen LogP) is 6.21. The van der Waals surface area contributed by atoms with Gasteiger partial charge < -0.3 is 10.1 Å². The summed E-state index contributed by atoms with van der Waals surface area (Å²) in [6, 6.07) is 21.2. The second-order valence-corrected chi connectivity index (χ2v) is 12.9. The molecule has 214 valence electrons. The van der Waals surface area contributed by atoms with Gasteiger partial charge in [0.2, 0.25) is 0 Å². The number of ether oxygens (including phenoxy) is 1. The number of amides is 1. The minimum Gasteiger partial charge on any atom is -0.494 e. The Morgan fingerprint density at radius 2 is 1.32 bits per heavy atom. The Morgan fingerprint density at radius 1 is 0.732 bits per heavy atom. The molecule has 0 atom stereocenters. The van der Waals surface area contributed by atoms with Crippen LogP contribution in [0.5, 0.6) is 5.75 Å². The Kier molecular flexibility index (Phi) is 8.91. The zero-order chi connectivity index (χ0) is 29.8. The van der Waals surface area contributed by atoms with E-state index in [-0.39, 0.29) is 20.4 Å². The van der Waals surface area contributed by atoms with Crippen molar-refractivity contribution < 1.29 is 26.4 Å². The molecule has 1 amide bonds. The quantitative estimate of drug-likeness (QED) is 0.195. The molecule has 0 aliphatic carbocycles. The zero-order valence-corrected chi connectivity index (χ0v) is 24.8. The third-order valence-electron chi connectivity index (χ3n) is 5.80. The lowest BCUT2D eigenvalue weighted by Crippen LogP contribution is -2.17. The van der Waals surface area contributed by atoms with E-state index >= 15 is 0 Å². The van der Waals surface area contributed by atoms with Crippen LogP contribution in [0.2, 0.25) is 5.02 Å². The largest absolute Gasteiger partial charge is 0.494 e. The summed E-state index contributed by atoms with van der Waals surface area (Å²) in [5, 5.41) is 2.59. The van der Waals surface area contributed by atoms with Gasteiger partial charge in [-0.3, -0.25) is 14.2 Å². The lowest BCUT2D eigenvalue weighted by Gasteiger charge is -2.13. The normalized spacial score (nSPS) is 11.5. The number of hydrogen-bond acceptors (Lipinski definition) is 6. The molecule has 4 aromatic carbocycles. The highest BCUT2D eigenvalue weighted by Gasteiger charge is 2.21. The molecule has 0 spiro atoms. The van der Waals surface area contributed by atoms with Crippen LogP contribution in [0.25, 0.3) is 0 Å². The van der Waals surface area contributed by atoms with Gasteiger partial charge in [-0.05, 0) is 111 Å². The molecule has 0 saturated heterocycles. The van der Waals surface area contributed by atoms with Crippen molar-refractivity contribution in [2.75, 3.05) is 21.4 Å². The topological polar surface area (TPSA) is 131 Å². The fourth-order valence-corrected chi connectivity index (χ4v) is 6.64. The van der Waals surface area contributed by atoms with E-state index in [2.05, 4.69) is 14.8 Å². The fourth-order valence-electron chi connectivity index (χ4n) is 4.01. The standard InChI is InChI=1S/C29H28ClN3O6S2/c1-4-39-25-10-6-23(7-11-25)32-40(35,36)26-12-8-22(9-13-26)31-29(34)21-5-14-27(30)28(18-21)41(37,38)33-24-16-19(2)15-20(3)17-24/h5-18,32-33H,4H2,1-3H3,(H,31,34). The summed E-state index contributed by atoms with van der Waals surface area (Å²) >= 11 is 6.19. The lowest BCUT2D eigenvalue weighted by atomic mass is 10.1. The molecule has 4 rings (SSSR count). The Hall–Kier alpha value is -4.06. The first-order chi connectivity index (χ1) is 19.4. The molecule has 0 heterocycles. The van der Waals surface area contributed by atoms with Crippen LogP contribution in [0, 0.1) is 13.8 Å². The van der Waals surface area contributed by atoms with Crippen molar-refractivity contribution in [3.8, 4) is 5.75 Å². The van der Waals surface area contributed by atoms with Crippen molar-refractivity contribution in [3.05, 3.63) is 107 Å². The summed E-state index contributed by atoms with van der Waals surface area (Å²) in [6.07, 6.45) is 0. The Labute approximate surface area is 244 Å². The highest BCUT2D eigenvalue weighted by atomic mass is 35.5. The third kappa shape index (κ3) is 7.57. The fraction of sp³-hybridized carbons (Fsp3) is 0.138. The van der Waals surface area contributed by atoms with E-state index < -0.39 is 26.0 Å². The van der Waals surface area contributed by atoms with Crippen LogP contribution in [0.15, 0.2) is 94.7 Å². The first-order valence-corrected chi connectivity index (χ1v) is 15.8. The van der Waals surface area contributed by atoms with Gasteiger partial charge in [0, 0.05) is 22.6 Å². The number of sulfonamides is 2. The minimum absolute atomic E-state index is 0.0123. The van der Waals surface area contributed by atoms with Crippen LogP contribution >= 0.6 is 11.6 Å². The van der Waals surface area contributed by atoms with E-state index in [0.717, 1.165) is 11.1 Å². The summed E-state index contributed by atoms with van der Waals surface area (Å²) in [7, 11) is -7.99.